The van der Waals surface area contributed by atoms with Crippen molar-refractivity contribution >= 4 is 13.1 Å². The lowest BCUT2D eigenvalue weighted by Gasteiger charge is -2.13. The Morgan fingerprint density at radius 1 is 1.32 bits per heavy atom. The number of hydrogen-bond acceptors (Lipinski definition) is 3. The minimum atomic E-state index is -0.145. The van der Waals surface area contributed by atoms with Crippen molar-refractivity contribution in [2.45, 2.75) is 45.5 Å². The maximum Gasteiger partial charge on any atom is 0.260 e. The van der Waals surface area contributed by atoms with Crippen LogP contribution in [0.15, 0.2) is 24.3 Å². The zero-order chi connectivity index (χ0) is 14.1. The molecule has 104 valence electrons. The van der Waals surface area contributed by atoms with Gasteiger partial charge in [0.1, 0.15) is 5.75 Å². The highest BCUT2D eigenvalue weighted by atomic mass is 16.5. The molecule has 0 aliphatic heterocycles. The number of hydrogen-bond donors (Lipinski definition) is 0. The first-order valence-corrected chi connectivity index (χ1v) is 6.98. The van der Waals surface area contributed by atoms with Crippen molar-refractivity contribution in [3.05, 3.63) is 29.8 Å². The van der Waals surface area contributed by atoms with E-state index in [-0.39, 0.29) is 12.0 Å². The Balaban J connectivity index is 2.37. The van der Waals surface area contributed by atoms with Crippen LogP contribution in [-0.2, 0) is 11.2 Å². The molecule has 1 aromatic rings. The summed E-state index contributed by atoms with van der Waals surface area (Å²) >= 11 is 0. The van der Waals surface area contributed by atoms with Gasteiger partial charge in [-0.1, -0.05) is 31.8 Å². The van der Waals surface area contributed by atoms with Crippen LogP contribution in [0.2, 0.25) is 6.32 Å². The van der Waals surface area contributed by atoms with Gasteiger partial charge < -0.3 is 9.47 Å². The van der Waals surface area contributed by atoms with E-state index >= 15 is 0 Å². The summed E-state index contributed by atoms with van der Waals surface area (Å²) in [5, 5.41) is 0. The van der Waals surface area contributed by atoms with E-state index in [2.05, 4.69) is 30.7 Å². The first kappa shape index (κ1) is 15.6. The van der Waals surface area contributed by atoms with Gasteiger partial charge in [0.25, 0.3) is 7.28 Å². The van der Waals surface area contributed by atoms with Crippen LogP contribution in [0.5, 0.6) is 5.75 Å². The van der Waals surface area contributed by atoms with Crippen molar-refractivity contribution < 1.29 is 14.3 Å². The van der Waals surface area contributed by atoms with E-state index < -0.39 is 0 Å². The van der Waals surface area contributed by atoms with Gasteiger partial charge in [-0.05, 0) is 37.5 Å². The molecule has 0 heterocycles. The molecule has 0 fully saturated rings. The van der Waals surface area contributed by atoms with Gasteiger partial charge >= 0.3 is 0 Å². The second kappa shape index (κ2) is 8.62. The van der Waals surface area contributed by atoms with Crippen molar-refractivity contribution in [1.82, 2.24) is 0 Å². The molecule has 1 atom stereocenters. The highest BCUT2D eigenvalue weighted by Gasteiger charge is 2.05. The maximum atomic E-state index is 11.0. The second-order valence-electron chi connectivity index (χ2n) is 4.79. The molecule has 1 unspecified atom stereocenters. The number of benzene rings is 1. The molecule has 0 aromatic heterocycles. The van der Waals surface area contributed by atoms with Gasteiger partial charge in [-0.15, -0.1) is 0 Å². The third kappa shape index (κ3) is 6.32. The summed E-state index contributed by atoms with van der Waals surface area (Å²) in [5.41, 5.74) is 1.22. The molecule has 19 heavy (non-hydrogen) atoms. The Morgan fingerprint density at radius 2 is 2.00 bits per heavy atom. The molecule has 3 nitrogen and oxygen atoms in total. The van der Waals surface area contributed by atoms with E-state index in [1.54, 1.807) is 0 Å². The monoisotopic (exact) mass is 262 g/mol. The zero-order valence-electron chi connectivity index (χ0n) is 12.1. The zero-order valence-corrected chi connectivity index (χ0v) is 12.1. The molecule has 0 saturated carbocycles. The van der Waals surface area contributed by atoms with Crippen LogP contribution in [0.1, 0.15) is 32.3 Å². The first-order valence-electron chi connectivity index (χ1n) is 6.98. The fourth-order valence-corrected chi connectivity index (χ4v) is 1.97. The second-order valence-corrected chi connectivity index (χ2v) is 4.79. The number of methoxy groups -OCH3 is 1. The number of carbonyl (C=O) groups excluding carboxylic acids is 1. The third-order valence-electron chi connectivity index (χ3n) is 3.03. The maximum absolute atomic E-state index is 11.0. The lowest BCUT2D eigenvalue weighted by molar-refractivity contribution is 0.197. The fourth-order valence-electron chi connectivity index (χ4n) is 1.97. The number of aryl methyl sites for hydroxylation is 1. The molecule has 1 aromatic carbocycles. The standard InChI is InChI=1S/C15H23BO3/c1-4-5-12(2)19-14-8-6-13(7-9-14)10-11-16-15(17)18-3/h6-9,12,16H,4-5,10-11H2,1-3H3. The average Bonchev–Trinajstić information content (AvgIpc) is 2.41. The van der Waals surface area contributed by atoms with Gasteiger partial charge in [0.2, 0.25) is 5.87 Å². The molecule has 0 N–H and O–H groups in total. The number of carbonyl (C=O) groups is 1. The number of rotatable bonds is 8. The molecule has 0 aliphatic carbocycles. The highest BCUT2D eigenvalue weighted by Crippen LogP contribution is 2.16. The van der Waals surface area contributed by atoms with E-state index in [1.807, 2.05) is 12.1 Å². The molecule has 0 aliphatic rings. The Hall–Kier alpha value is -1.45. The Morgan fingerprint density at radius 3 is 2.58 bits per heavy atom. The van der Waals surface area contributed by atoms with Crippen LogP contribution < -0.4 is 4.74 Å². The number of ether oxygens (including phenoxy) is 2. The third-order valence-corrected chi connectivity index (χ3v) is 3.03. The van der Waals surface area contributed by atoms with Crippen LogP contribution in [0.25, 0.3) is 0 Å². The lowest BCUT2D eigenvalue weighted by Crippen LogP contribution is -2.11. The lowest BCUT2D eigenvalue weighted by atomic mass is 9.73. The summed E-state index contributed by atoms with van der Waals surface area (Å²) in [7, 11) is 1.90. The average molecular weight is 262 g/mol. The van der Waals surface area contributed by atoms with Gasteiger partial charge in [0.05, 0.1) is 13.2 Å². The quantitative estimate of drug-likeness (QED) is 0.673. The predicted octanol–water partition coefficient (Wildman–Crippen LogP) is 3.42. The molecule has 0 amide bonds. The Bertz CT molecular complexity index is 375. The summed E-state index contributed by atoms with van der Waals surface area (Å²) < 4.78 is 10.4. The van der Waals surface area contributed by atoms with E-state index in [9.17, 15) is 4.79 Å². The molecular weight excluding hydrogens is 239 g/mol. The van der Waals surface area contributed by atoms with E-state index in [0.717, 1.165) is 31.3 Å². The van der Waals surface area contributed by atoms with Gasteiger partial charge in [0, 0.05) is 0 Å². The van der Waals surface area contributed by atoms with Gasteiger partial charge in [-0.2, -0.15) is 0 Å². The fraction of sp³-hybridized carbons (Fsp3) is 0.533. The summed E-state index contributed by atoms with van der Waals surface area (Å²) in [6, 6.07) is 8.12. The highest BCUT2D eigenvalue weighted by molar-refractivity contribution is 6.71. The van der Waals surface area contributed by atoms with Gasteiger partial charge in [-0.3, -0.25) is 4.79 Å². The van der Waals surface area contributed by atoms with E-state index in [0.29, 0.717) is 7.28 Å². The molecule has 0 saturated heterocycles. The molecule has 4 heteroatoms. The smallest absolute Gasteiger partial charge is 0.260 e. The minimum absolute atomic E-state index is 0.145. The summed E-state index contributed by atoms with van der Waals surface area (Å²) in [6.07, 6.45) is 4.17. The van der Waals surface area contributed by atoms with Crippen molar-refractivity contribution in [2.24, 2.45) is 0 Å². The van der Waals surface area contributed by atoms with Crippen LogP contribution in [0, 0.1) is 0 Å². The molecule has 1 rings (SSSR count). The Kier molecular flexibility index (Phi) is 7.08. The topological polar surface area (TPSA) is 35.5 Å². The van der Waals surface area contributed by atoms with Crippen LogP contribution in [0.3, 0.4) is 0 Å². The van der Waals surface area contributed by atoms with Crippen molar-refractivity contribution in [3.8, 4) is 5.75 Å². The molecule has 0 radical (unpaired) electrons. The van der Waals surface area contributed by atoms with Crippen LogP contribution in [-0.4, -0.2) is 26.4 Å². The summed E-state index contributed by atoms with van der Waals surface area (Å²) in [4.78, 5) is 11.0. The predicted molar refractivity (Wildman–Crippen MR) is 79.5 cm³/mol. The largest absolute Gasteiger partial charge is 0.491 e. The molecular formula is C15H23BO3. The summed E-state index contributed by atoms with van der Waals surface area (Å²) in [5.74, 6) is 0.769. The van der Waals surface area contributed by atoms with Crippen molar-refractivity contribution in [2.75, 3.05) is 7.11 Å². The SMILES string of the molecule is CCCC(C)Oc1ccc(CCBC(=O)OC)cc1. The minimum Gasteiger partial charge on any atom is -0.491 e. The van der Waals surface area contributed by atoms with Crippen molar-refractivity contribution in [3.63, 3.8) is 0 Å². The van der Waals surface area contributed by atoms with Crippen molar-refractivity contribution in [1.29, 1.82) is 0 Å². The normalized spacial score (nSPS) is 11.7. The molecule has 0 bridgehead atoms. The first-order chi connectivity index (χ1) is 9.15. The van der Waals surface area contributed by atoms with Gasteiger partial charge in [-0.25, -0.2) is 0 Å². The molecule has 0 spiro atoms. The summed E-state index contributed by atoms with van der Waals surface area (Å²) in [6.45, 7) is 4.25. The van der Waals surface area contributed by atoms with Crippen LogP contribution in [0.4, 0.5) is 4.79 Å². The van der Waals surface area contributed by atoms with Gasteiger partial charge in [0.15, 0.2) is 0 Å². The van der Waals surface area contributed by atoms with Crippen LogP contribution >= 0.6 is 0 Å². The van der Waals surface area contributed by atoms with E-state index in [4.69, 9.17) is 4.74 Å². The Labute approximate surface area is 116 Å². The van der Waals surface area contributed by atoms with E-state index in [1.165, 1.54) is 12.7 Å².